The van der Waals surface area contributed by atoms with E-state index >= 15 is 0 Å². The lowest BCUT2D eigenvalue weighted by atomic mass is 10.1. The highest BCUT2D eigenvalue weighted by Gasteiger charge is 2.12. The second kappa shape index (κ2) is 7.74. The molecule has 1 amide bonds. The van der Waals surface area contributed by atoms with Crippen molar-refractivity contribution in [2.75, 3.05) is 0 Å². The Morgan fingerprint density at radius 3 is 2.71 bits per heavy atom. The van der Waals surface area contributed by atoms with E-state index in [-0.39, 0.29) is 11.9 Å². The molecule has 2 heterocycles. The summed E-state index contributed by atoms with van der Waals surface area (Å²) in [6.07, 6.45) is 3.21. The molecule has 3 rings (SSSR count). The molecule has 0 radical (unpaired) electrons. The third kappa shape index (κ3) is 4.20. The van der Waals surface area contributed by atoms with Crippen LogP contribution >= 0.6 is 11.8 Å². The van der Waals surface area contributed by atoms with Crippen molar-refractivity contribution in [3.05, 3.63) is 71.8 Å². The largest absolute Gasteiger partial charge is 0.344 e. The van der Waals surface area contributed by atoms with Crippen molar-refractivity contribution < 1.29 is 4.79 Å². The summed E-state index contributed by atoms with van der Waals surface area (Å²) in [4.78, 5) is 20.6. The molecule has 3 aromatic rings. The number of nitrogens with zero attached hydrogens (tertiary/aromatic N) is 3. The lowest BCUT2D eigenvalue weighted by Crippen LogP contribution is -2.27. The van der Waals surface area contributed by atoms with Gasteiger partial charge in [-0.3, -0.25) is 14.9 Å². The molecule has 24 heavy (non-hydrogen) atoms. The van der Waals surface area contributed by atoms with Crippen LogP contribution in [-0.2, 0) is 5.75 Å². The Labute approximate surface area is 144 Å². The number of aromatic amines is 1. The van der Waals surface area contributed by atoms with E-state index in [1.807, 2.05) is 49.4 Å². The summed E-state index contributed by atoms with van der Waals surface area (Å²) < 4.78 is 0. The molecular weight excluding hydrogens is 322 g/mol. The van der Waals surface area contributed by atoms with Crippen LogP contribution in [-0.4, -0.2) is 26.1 Å². The zero-order valence-electron chi connectivity index (χ0n) is 13.1. The highest BCUT2D eigenvalue weighted by atomic mass is 32.2. The van der Waals surface area contributed by atoms with E-state index < -0.39 is 0 Å². The van der Waals surface area contributed by atoms with E-state index in [9.17, 15) is 4.79 Å². The van der Waals surface area contributed by atoms with E-state index in [2.05, 4.69) is 25.5 Å². The predicted molar refractivity (Wildman–Crippen MR) is 92.5 cm³/mol. The molecule has 7 heteroatoms. The number of hydrogen-bond donors (Lipinski definition) is 2. The average molecular weight is 339 g/mol. The molecular formula is C17H17N5OS. The summed E-state index contributed by atoms with van der Waals surface area (Å²) in [5.74, 6) is 0.657. The number of carbonyl (C=O) groups is 1. The van der Waals surface area contributed by atoms with Gasteiger partial charge < -0.3 is 5.32 Å². The molecule has 0 saturated carbocycles. The lowest BCUT2D eigenvalue weighted by molar-refractivity contribution is 0.0939. The van der Waals surface area contributed by atoms with Crippen LogP contribution in [0.15, 0.2) is 60.1 Å². The van der Waals surface area contributed by atoms with Crippen molar-refractivity contribution in [2.45, 2.75) is 23.9 Å². The molecule has 0 spiro atoms. The van der Waals surface area contributed by atoms with Crippen LogP contribution < -0.4 is 5.32 Å². The molecule has 0 fully saturated rings. The fraction of sp³-hybridized carbons (Fsp3) is 0.176. The number of rotatable bonds is 6. The molecule has 0 aliphatic heterocycles. The van der Waals surface area contributed by atoms with Gasteiger partial charge in [0, 0.05) is 17.5 Å². The van der Waals surface area contributed by atoms with Gasteiger partial charge in [0.2, 0.25) is 0 Å². The quantitative estimate of drug-likeness (QED) is 0.675. The standard InChI is InChI=1S/C17H17N5OS/c1-12(15-4-2-3-9-18-15)21-16(23)14-7-5-13(6-8-14)10-24-17-19-11-20-22-17/h2-9,11-12H,10H2,1H3,(H,21,23)(H,19,20,22). The van der Waals surface area contributed by atoms with Gasteiger partial charge in [-0.1, -0.05) is 30.0 Å². The Balaban J connectivity index is 1.57. The molecule has 2 N–H and O–H groups in total. The third-order valence-electron chi connectivity index (χ3n) is 3.46. The van der Waals surface area contributed by atoms with Gasteiger partial charge in [0.05, 0.1) is 11.7 Å². The van der Waals surface area contributed by atoms with E-state index in [1.54, 1.807) is 18.0 Å². The number of H-pyrrole nitrogens is 1. The molecule has 2 aromatic heterocycles. The Kier molecular flexibility index (Phi) is 5.22. The number of nitrogens with one attached hydrogen (secondary N) is 2. The van der Waals surface area contributed by atoms with Crippen molar-refractivity contribution in [3.8, 4) is 0 Å². The fourth-order valence-corrected chi connectivity index (χ4v) is 2.89. The maximum Gasteiger partial charge on any atom is 0.251 e. The van der Waals surface area contributed by atoms with Gasteiger partial charge in [0.25, 0.3) is 5.91 Å². The number of aromatic nitrogens is 4. The molecule has 0 bridgehead atoms. The maximum absolute atomic E-state index is 12.3. The molecule has 1 atom stereocenters. The van der Waals surface area contributed by atoms with Gasteiger partial charge in [0.15, 0.2) is 5.16 Å². The number of pyridine rings is 1. The van der Waals surface area contributed by atoms with Crippen LogP contribution in [0.1, 0.15) is 34.6 Å². The highest BCUT2D eigenvalue weighted by Crippen LogP contribution is 2.18. The summed E-state index contributed by atoms with van der Waals surface area (Å²) in [7, 11) is 0. The third-order valence-corrected chi connectivity index (χ3v) is 4.41. The van der Waals surface area contributed by atoms with Crippen LogP contribution in [0.4, 0.5) is 0 Å². The first-order chi connectivity index (χ1) is 11.7. The van der Waals surface area contributed by atoms with Gasteiger partial charge in [-0.15, -0.1) is 0 Å². The summed E-state index contributed by atoms with van der Waals surface area (Å²) >= 11 is 1.56. The molecule has 1 unspecified atom stereocenters. The Bertz CT molecular complexity index is 775. The Hall–Kier alpha value is -2.67. The zero-order chi connectivity index (χ0) is 16.8. The molecule has 1 aromatic carbocycles. The van der Waals surface area contributed by atoms with Crippen LogP contribution in [0.5, 0.6) is 0 Å². The number of benzene rings is 1. The normalized spacial score (nSPS) is 11.9. The first-order valence-electron chi connectivity index (χ1n) is 7.51. The lowest BCUT2D eigenvalue weighted by Gasteiger charge is -2.13. The molecule has 0 saturated heterocycles. The summed E-state index contributed by atoms with van der Waals surface area (Å²) in [5.41, 5.74) is 2.59. The Morgan fingerprint density at radius 2 is 2.04 bits per heavy atom. The Morgan fingerprint density at radius 1 is 1.21 bits per heavy atom. The van der Waals surface area contributed by atoms with Crippen molar-refractivity contribution >= 4 is 17.7 Å². The monoisotopic (exact) mass is 339 g/mol. The van der Waals surface area contributed by atoms with Crippen LogP contribution in [0, 0.1) is 0 Å². The van der Waals surface area contributed by atoms with Crippen molar-refractivity contribution in [1.29, 1.82) is 0 Å². The summed E-state index contributed by atoms with van der Waals surface area (Å²) in [6, 6.07) is 13.1. The van der Waals surface area contributed by atoms with E-state index in [1.165, 1.54) is 6.33 Å². The van der Waals surface area contributed by atoms with E-state index in [4.69, 9.17) is 0 Å². The molecule has 0 aliphatic rings. The summed E-state index contributed by atoms with van der Waals surface area (Å²) in [6.45, 7) is 1.92. The minimum absolute atomic E-state index is 0.109. The first kappa shape index (κ1) is 16.2. The van der Waals surface area contributed by atoms with Crippen molar-refractivity contribution in [1.82, 2.24) is 25.5 Å². The second-order valence-corrected chi connectivity index (χ2v) is 6.19. The minimum atomic E-state index is -0.139. The van der Waals surface area contributed by atoms with Crippen LogP contribution in [0.2, 0.25) is 0 Å². The minimum Gasteiger partial charge on any atom is -0.344 e. The summed E-state index contributed by atoms with van der Waals surface area (Å²) in [5, 5.41) is 10.4. The second-order valence-electron chi connectivity index (χ2n) is 5.23. The van der Waals surface area contributed by atoms with Gasteiger partial charge in [-0.2, -0.15) is 5.10 Å². The van der Waals surface area contributed by atoms with E-state index in [0.717, 1.165) is 22.2 Å². The van der Waals surface area contributed by atoms with Gasteiger partial charge in [-0.05, 0) is 36.8 Å². The number of amides is 1. The van der Waals surface area contributed by atoms with Crippen LogP contribution in [0.3, 0.4) is 0 Å². The number of carbonyl (C=O) groups excluding carboxylic acids is 1. The molecule has 6 nitrogen and oxygen atoms in total. The smallest absolute Gasteiger partial charge is 0.251 e. The average Bonchev–Trinajstić information content (AvgIpc) is 3.14. The molecule has 0 aliphatic carbocycles. The SMILES string of the molecule is CC(NC(=O)c1ccc(CSc2ncn[nH]2)cc1)c1ccccn1. The topological polar surface area (TPSA) is 83.6 Å². The van der Waals surface area contributed by atoms with Crippen molar-refractivity contribution in [3.63, 3.8) is 0 Å². The maximum atomic E-state index is 12.3. The fourth-order valence-electron chi connectivity index (χ4n) is 2.15. The van der Waals surface area contributed by atoms with Gasteiger partial charge in [-0.25, -0.2) is 4.98 Å². The molecule has 122 valence electrons. The zero-order valence-corrected chi connectivity index (χ0v) is 14.0. The van der Waals surface area contributed by atoms with Crippen molar-refractivity contribution in [2.24, 2.45) is 0 Å². The predicted octanol–water partition coefficient (Wildman–Crippen LogP) is 2.98. The van der Waals surface area contributed by atoms with Crippen LogP contribution in [0.25, 0.3) is 0 Å². The highest BCUT2D eigenvalue weighted by molar-refractivity contribution is 7.98. The van der Waals surface area contributed by atoms with Gasteiger partial charge in [0.1, 0.15) is 6.33 Å². The van der Waals surface area contributed by atoms with Gasteiger partial charge >= 0.3 is 0 Å². The van der Waals surface area contributed by atoms with E-state index in [0.29, 0.717) is 5.56 Å². The number of hydrogen-bond acceptors (Lipinski definition) is 5. The first-order valence-corrected chi connectivity index (χ1v) is 8.50. The number of thioether (sulfide) groups is 1.